The fourth-order valence-electron chi connectivity index (χ4n) is 0.355. The van der Waals surface area contributed by atoms with Gasteiger partial charge in [-0.1, -0.05) is 13.0 Å². The van der Waals surface area contributed by atoms with Crippen molar-refractivity contribution in [2.45, 2.75) is 20.3 Å². The minimum Gasteiger partial charge on any atom is -0.412 e. The number of aldehydes is 1. The van der Waals surface area contributed by atoms with Gasteiger partial charge >= 0.3 is 0 Å². The van der Waals surface area contributed by atoms with E-state index in [-0.39, 0.29) is 5.48 Å². The lowest BCUT2D eigenvalue weighted by atomic mass is 10.2. The van der Waals surface area contributed by atoms with Crippen LogP contribution < -0.4 is 0 Å². The quantitative estimate of drug-likeness (QED) is 0.387. The molecule has 0 saturated carbocycles. The summed E-state index contributed by atoms with van der Waals surface area (Å²) in [4.78, 5) is 9.90. The van der Waals surface area contributed by atoms with E-state index in [0.717, 1.165) is 18.3 Å². The Bertz CT molecular complexity index is 84.5. The predicted octanol–water partition coefficient (Wildman–Crippen LogP) is 0.717. The Kier molecular flexibility index (Phi) is 8.26. The molecule has 2 N–H and O–H groups in total. The van der Waals surface area contributed by atoms with Gasteiger partial charge in [-0.15, -0.1) is 0 Å². The van der Waals surface area contributed by atoms with Crippen LogP contribution in [0.2, 0.25) is 0 Å². The number of allylic oxidation sites excluding steroid dienone is 2. The summed E-state index contributed by atoms with van der Waals surface area (Å²) in [5.74, 6) is 0. The lowest BCUT2D eigenvalue weighted by molar-refractivity contribution is -0.105. The van der Waals surface area contributed by atoms with E-state index in [2.05, 4.69) is 0 Å². The van der Waals surface area contributed by atoms with Gasteiger partial charge in [-0.25, -0.2) is 0 Å². The fraction of sp³-hybridized carbons (Fsp3) is 0.500. The fourth-order valence-corrected chi connectivity index (χ4v) is 0.355. The summed E-state index contributed by atoms with van der Waals surface area (Å²) < 4.78 is 0. The van der Waals surface area contributed by atoms with Crippen LogP contribution in [0.4, 0.5) is 0 Å². The van der Waals surface area contributed by atoms with Crippen molar-refractivity contribution in [2.75, 3.05) is 0 Å². The van der Waals surface area contributed by atoms with E-state index >= 15 is 0 Å². The van der Waals surface area contributed by atoms with Gasteiger partial charge in [0.25, 0.3) is 0 Å². The van der Waals surface area contributed by atoms with Crippen LogP contribution in [0.25, 0.3) is 0 Å². The second-order valence-corrected chi connectivity index (χ2v) is 1.33. The van der Waals surface area contributed by atoms with E-state index in [1.807, 2.05) is 19.9 Å². The first-order valence-corrected chi connectivity index (χ1v) is 2.45. The Hall–Kier alpha value is -0.630. The predicted molar refractivity (Wildman–Crippen MR) is 33.7 cm³/mol. The van der Waals surface area contributed by atoms with Gasteiger partial charge in [0.15, 0.2) is 0 Å². The van der Waals surface area contributed by atoms with Crippen molar-refractivity contribution in [3.63, 3.8) is 0 Å². The summed E-state index contributed by atoms with van der Waals surface area (Å²) in [6.45, 7) is 3.83. The molecule has 0 amide bonds. The molecule has 0 unspecified atom stereocenters. The van der Waals surface area contributed by atoms with Crippen molar-refractivity contribution in [2.24, 2.45) is 0 Å². The molecule has 0 saturated heterocycles. The smallest absolute Gasteiger partial charge is 0.145 e. The third-order valence-electron chi connectivity index (χ3n) is 0.930. The van der Waals surface area contributed by atoms with E-state index in [1.165, 1.54) is 0 Å². The van der Waals surface area contributed by atoms with Crippen LogP contribution in [0.3, 0.4) is 0 Å². The number of hydrogen-bond acceptors (Lipinski definition) is 1. The largest absolute Gasteiger partial charge is 0.412 e. The van der Waals surface area contributed by atoms with Gasteiger partial charge in [0.2, 0.25) is 0 Å². The monoisotopic (exact) mass is 116 g/mol. The van der Waals surface area contributed by atoms with Gasteiger partial charge in [0.05, 0.1) is 0 Å². The van der Waals surface area contributed by atoms with E-state index in [4.69, 9.17) is 0 Å². The zero-order valence-electron chi connectivity index (χ0n) is 5.27. The number of hydrogen-bond donors (Lipinski definition) is 0. The van der Waals surface area contributed by atoms with Crippen molar-refractivity contribution in [1.82, 2.24) is 0 Å². The maximum Gasteiger partial charge on any atom is 0.145 e. The minimum absolute atomic E-state index is 0. The van der Waals surface area contributed by atoms with Crippen molar-refractivity contribution < 1.29 is 10.3 Å². The Labute approximate surface area is 49.5 Å². The molecule has 0 aliphatic heterocycles. The molecule has 0 bridgehead atoms. The molecule has 2 heteroatoms. The van der Waals surface area contributed by atoms with E-state index in [9.17, 15) is 4.79 Å². The van der Waals surface area contributed by atoms with Crippen LogP contribution in [0.5, 0.6) is 0 Å². The molecule has 0 aliphatic rings. The SMILES string of the molecule is C/C=C(/C=O)CC.O. The molecule has 0 spiro atoms. The van der Waals surface area contributed by atoms with Crippen LogP contribution in [0.1, 0.15) is 20.3 Å². The van der Waals surface area contributed by atoms with Crippen molar-refractivity contribution in [3.8, 4) is 0 Å². The molecule has 0 aromatic carbocycles. The summed E-state index contributed by atoms with van der Waals surface area (Å²) in [6, 6.07) is 0. The molecule has 0 aromatic rings. The standard InChI is InChI=1S/C6H10O.H2O/c1-3-6(4-2)5-7;/h3,5H,4H2,1-2H3;1H2/b6-3+;. The van der Waals surface area contributed by atoms with Gasteiger partial charge in [0, 0.05) is 0 Å². The maximum atomic E-state index is 9.90. The molecular weight excluding hydrogens is 104 g/mol. The van der Waals surface area contributed by atoms with Gasteiger partial charge in [0.1, 0.15) is 6.29 Å². The molecule has 0 aliphatic carbocycles. The first kappa shape index (κ1) is 10.4. The zero-order chi connectivity index (χ0) is 5.70. The highest BCUT2D eigenvalue weighted by Crippen LogP contribution is 1.92. The minimum atomic E-state index is 0. The molecule has 0 heterocycles. The second-order valence-electron chi connectivity index (χ2n) is 1.33. The highest BCUT2D eigenvalue weighted by molar-refractivity contribution is 5.72. The van der Waals surface area contributed by atoms with E-state index in [1.54, 1.807) is 0 Å². The Balaban J connectivity index is 0. The number of carbonyl (C=O) groups excluding carboxylic acids is 1. The third-order valence-corrected chi connectivity index (χ3v) is 0.930. The van der Waals surface area contributed by atoms with Gasteiger partial charge in [-0.3, -0.25) is 4.79 Å². The second kappa shape index (κ2) is 6.37. The Morgan fingerprint density at radius 1 is 1.62 bits per heavy atom. The maximum absolute atomic E-state index is 9.90. The lowest BCUT2D eigenvalue weighted by Crippen LogP contribution is -1.77. The molecule has 0 rings (SSSR count). The topological polar surface area (TPSA) is 48.6 Å². The highest BCUT2D eigenvalue weighted by atomic mass is 16.1. The van der Waals surface area contributed by atoms with Crippen LogP contribution >= 0.6 is 0 Å². The number of rotatable bonds is 2. The van der Waals surface area contributed by atoms with Crippen LogP contribution in [0, 0.1) is 0 Å². The summed E-state index contributed by atoms with van der Waals surface area (Å²) in [6.07, 6.45) is 3.56. The van der Waals surface area contributed by atoms with E-state index in [0.29, 0.717) is 0 Å². The molecule has 48 valence electrons. The van der Waals surface area contributed by atoms with E-state index < -0.39 is 0 Å². The molecular formula is C6H12O2. The lowest BCUT2D eigenvalue weighted by Gasteiger charge is -1.84. The van der Waals surface area contributed by atoms with Gasteiger partial charge in [-0.2, -0.15) is 0 Å². The van der Waals surface area contributed by atoms with Gasteiger partial charge in [-0.05, 0) is 18.9 Å². The van der Waals surface area contributed by atoms with Crippen LogP contribution in [-0.4, -0.2) is 11.8 Å². The van der Waals surface area contributed by atoms with Crippen molar-refractivity contribution >= 4 is 6.29 Å². The average Bonchev–Trinajstić information content (AvgIpc) is 1.72. The average molecular weight is 116 g/mol. The molecule has 2 nitrogen and oxygen atoms in total. The first-order chi connectivity index (χ1) is 3.35. The summed E-state index contributed by atoms with van der Waals surface area (Å²) >= 11 is 0. The molecule has 0 radical (unpaired) electrons. The third kappa shape index (κ3) is 3.56. The normalized spacial score (nSPS) is 10.0. The molecule has 0 fully saturated rings. The molecule has 0 atom stereocenters. The Morgan fingerprint density at radius 2 is 2.12 bits per heavy atom. The van der Waals surface area contributed by atoms with Crippen molar-refractivity contribution in [1.29, 1.82) is 0 Å². The van der Waals surface area contributed by atoms with Gasteiger partial charge < -0.3 is 5.48 Å². The summed E-state index contributed by atoms with van der Waals surface area (Å²) in [7, 11) is 0. The number of carbonyl (C=O) groups is 1. The summed E-state index contributed by atoms with van der Waals surface area (Å²) in [5.41, 5.74) is 0.875. The molecule has 0 aromatic heterocycles. The molecule has 8 heavy (non-hydrogen) atoms. The highest BCUT2D eigenvalue weighted by Gasteiger charge is 1.82. The van der Waals surface area contributed by atoms with Crippen molar-refractivity contribution in [3.05, 3.63) is 11.6 Å². The first-order valence-electron chi connectivity index (χ1n) is 2.45. The zero-order valence-corrected chi connectivity index (χ0v) is 5.27. The Morgan fingerprint density at radius 3 is 2.12 bits per heavy atom. The van der Waals surface area contributed by atoms with Crippen LogP contribution in [-0.2, 0) is 4.79 Å². The summed E-state index contributed by atoms with van der Waals surface area (Å²) in [5, 5.41) is 0. The van der Waals surface area contributed by atoms with Crippen LogP contribution in [0.15, 0.2) is 11.6 Å².